The third-order valence-corrected chi connectivity index (χ3v) is 9.42. The smallest absolute Gasteiger partial charge is 0.0541 e. The molecule has 5 aromatic carbocycles. The fourth-order valence-corrected chi connectivity index (χ4v) is 6.81. The van der Waals surface area contributed by atoms with Gasteiger partial charge in [-0.05, 0) is 108 Å². The molecule has 1 heterocycles. The molecule has 40 heavy (non-hydrogen) atoms. The molecule has 1 heteroatoms. The second kappa shape index (κ2) is 8.96. The van der Waals surface area contributed by atoms with Crippen LogP contribution in [0.15, 0.2) is 97.1 Å². The summed E-state index contributed by atoms with van der Waals surface area (Å²) in [6.45, 7) is 13.7. The zero-order chi connectivity index (χ0) is 27.8. The monoisotopic (exact) mass is 519 g/mol. The first-order valence-electron chi connectivity index (χ1n) is 14.7. The Kier molecular flexibility index (Phi) is 5.58. The molecular formula is C39H37N. The number of hydrogen-bond donors (Lipinski definition) is 0. The SMILES string of the molecule is CCC(C)c1ccc(-n2c3ccc(C)cc3c3cc(-c4ccc5c(c4)C(C)(C)c4cc(C)ccc4-5)ccc32)cc1. The Morgan fingerprint density at radius 1 is 0.625 bits per heavy atom. The molecule has 7 rings (SSSR count). The first kappa shape index (κ1) is 24.9. The number of aryl methyl sites for hydroxylation is 2. The fourth-order valence-electron chi connectivity index (χ4n) is 6.81. The second-order valence-corrected chi connectivity index (χ2v) is 12.4. The summed E-state index contributed by atoms with van der Waals surface area (Å²) in [7, 11) is 0. The largest absolute Gasteiger partial charge is 0.309 e. The van der Waals surface area contributed by atoms with Crippen molar-refractivity contribution in [2.24, 2.45) is 0 Å². The molecule has 1 nitrogen and oxygen atoms in total. The van der Waals surface area contributed by atoms with E-state index in [2.05, 4.69) is 143 Å². The molecule has 6 aromatic rings. The molecular weight excluding hydrogens is 482 g/mol. The first-order chi connectivity index (χ1) is 19.3. The second-order valence-electron chi connectivity index (χ2n) is 12.4. The van der Waals surface area contributed by atoms with Crippen molar-refractivity contribution in [3.05, 3.63) is 125 Å². The molecule has 0 bridgehead atoms. The van der Waals surface area contributed by atoms with Crippen LogP contribution >= 0.6 is 0 Å². The predicted molar refractivity (Wildman–Crippen MR) is 172 cm³/mol. The minimum Gasteiger partial charge on any atom is -0.309 e. The Balaban J connectivity index is 1.39. The summed E-state index contributed by atoms with van der Waals surface area (Å²) in [5.74, 6) is 0.575. The van der Waals surface area contributed by atoms with Gasteiger partial charge in [-0.1, -0.05) is 93.4 Å². The first-order valence-corrected chi connectivity index (χ1v) is 14.7. The van der Waals surface area contributed by atoms with Crippen molar-refractivity contribution in [2.75, 3.05) is 0 Å². The van der Waals surface area contributed by atoms with Crippen molar-refractivity contribution < 1.29 is 0 Å². The van der Waals surface area contributed by atoms with Gasteiger partial charge in [0.05, 0.1) is 11.0 Å². The van der Waals surface area contributed by atoms with Crippen molar-refractivity contribution in [1.29, 1.82) is 0 Å². The van der Waals surface area contributed by atoms with Gasteiger partial charge in [0.2, 0.25) is 0 Å². The number of fused-ring (bicyclic) bond motifs is 6. The summed E-state index contributed by atoms with van der Waals surface area (Å²) in [4.78, 5) is 0. The van der Waals surface area contributed by atoms with Crippen molar-refractivity contribution in [3.63, 3.8) is 0 Å². The Morgan fingerprint density at radius 2 is 1.18 bits per heavy atom. The highest BCUT2D eigenvalue weighted by Crippen LogP contribution is 2.50. The van der Waals surface area contributed by atoms with E-state index in [0.29, 0.717) is 5.92 Å². The average Bonchev–Trinajstić information content (AvgIpc) is 3.40. The van der Waals surface area contributed by atoms with Crippen LogP contribution < -0.4 is 0 Å². The lowest BCUT2D eigenvalue weighted by molar-refractivity contribution is 0.660. The molecule has 0 saturated carbocycles. The number of nitrogens with zero attached hydrogens (tertiary/aromatic N) is 1. The Labute approximate surface area is 238 Å². The summed E-state index contributed by atoms with van der Waals surface area (Å²) >= 11 is 0. The number of rotatable bonds is 4. The molecule has 1 aromatic heterocycles. The molecule has 0 radical (unpaired) electrons. The minimum atomic E-state index is -0.00856. The van der Waals surface area contributed by atoms with Crippen molar-refractivity contribution >= 4 is 21.8 Å². The molecule has 1 aliphatic carbocycles. The van der Waals surface area contributed by atoms with E-state index in [1.165, 1.54) is 77.6 Å². The van der Waals surface area contributed by atoms with Crippen molar-refractivity contribution in [2.45, 2.75) is 59.3 Å². The van der Waals surface area contributed by atoms with E-state index in [1.807, 2.05) is 0 Å². The van der Waals surface area contributed by atoms with Gasteiger partial charge in [0.15, 0.2) is 0 Å². The van der Waals surface area contributed by atoms with Gasteiger partial charge in [0.25, 0.3) is 0 Å². The van der Waals surface area contributed by atoms with Crippen LogP contribution in [0.3, 0.4) is 0 Å². The van der Waals surface area contributed by atoms with E-state index in [1.54, 1.807) is 0 Å². The Bertz CT molecular complexity index is 1930. The van der Waals surface area contributed by atoms with Gasteiger partial charge in [0.1, 0.15) is 0 Å². The van der Waals surface area contributed by atoms with E-state index in [4.69, 9.17) is 0 Å². The third kappa shape index (κ3) is 3.68. The van der Waals surface area contributed by atoms with Crippen LogP contribution in [-0.2, 0) is 5.41 Å². The van der Waals surface area contributed by atoms with E-state index in [9.17, 15) is 0 Å². The maximum atomic E-state index is 2.43. The van der Waals surface area contributed by atoms with Crippen LogP contribution in [-0.4, -0.2) is 4.57 Å². The van der Waals surface area contributed by atoms with Crippen LogP contribution in [0.5, 0.6) is 0 Å². The fraction of sp³-hybridized carbons (Fsp3) is 0.231. The lowest BCUT2D eigenvalue weighted by atomic mass is 9.81. The zero-order valence-electron chi connectivity index (χ0n) is 24.5. The maximum Gasteiger partial charge on any atom is 0.0541 e. The summed E-state index contributed by atoms with van der Waals surface area (Å²) < 4.78 is 2.43. The van der Waals surface area contributed by atoms with Gasteiger partial charge in [0, 0.05) is 21.9 Å². The molecule has 1 unspecified atom stereocenters. The molecule has 1 aliphatic rings. The van der Waals surface area contributed by atoms with Gasteiger partial charge >= 0.3 is 0 Å². The number of benzene rings is 5. The van der Waals surface area contributed by atoms with Crippen LogP contribution in [0.25, 0.3) is 49.7 Å². The van der Waals surface area contributed by atoms with Crippen molar-refractivity contribution in [1.82, 2.24) is 4.57 Å². The third-order valence-electron chi connectivity index (χ3n) is 9.42. The highest BCUT2D eigenvalue weighted by molar-refractivity contribution is 6.10. The van der Waals surface area contributed by atoms with Crippen LogP contribution in [0.4, 0.5) is 0 Å². The molecule has 198 valence electrons. The van der Waals surface area contributed by atoms with Gasteiger partial charge in [-0.15, -0.1) is 0 Å². The Hall–Kier alpha value is -4.10. The van der Waals surface area contributed by atoms with Gasteiger partial charge < -0.3 is 4.57 Å². The molecule has 0 amide bonds. The summed E-state index contributed by atoms with van der Waals surface area (Å²) in [6, 6.07) is 37.1. The molecule has 0 fully saturated rings. The quantitative estimate of drug-likeness (QED) is 0.218. The molecule has 1 atom stereocenters. The molecule has 0 saturated heterocycles. The highest BCUT2D eigenvalue weighted by atomic mass is 15.0. The zero-order valence-corrected chi connectivity index (χ0v) is 24.5. The highest BCUT2D eigenvalue weighted by Gasteiger charge is 2.35. The van der Waals surface area contributed by atoms with Crippen LogP contribution in [0, 0.1) is 13.8 Å². The van der Waals surface area contributed by atoms with Crippen molar-refractivity contribution in [3.8, 4) is 27.9 Å². The van der Waals surface area contributed by atoms with Gasteiger partial charge in [-0.2, -0.15) is 0 Å². The average molecular weight is 520 g/mol. The number of hydrogen-bond acceptors (Lipinski definition) is 0. The topological polar surface area (TPSA) is 4.93 Å². The van der Waals surface area contributed by atoms with Crippen LogP contribution in [0.1, 0.15) is 67.9 Å². The summed E-state index contributed by atoms with van der Waals surface area (Å²) in [5.41, 5.74) is 15.9. The minimum absolute atomic E-state index is 0.00856. The lowest BCUT2D eigenvalue weighted by Gasteiger charge is -2.22. The predicted octanol–water partition coefficient (Wildman–Crippen LogP) is 10.9. The normalized spacial score (nSPS) is 14.4. The molecule has 0 spiro atoms. The van der Waals surface area contributed by atoms with E-state index in [0.717, 1.165) is 6.42 Å². The standard InChI is InChI=1S/C39H37N/c1-7-26(4)27-10-14-30(15-11-27)40-37-18-9-24(2)20-33(37)34-22-28(13-19-38(34)40)29-12-17-32-31-16-8-25(3)21-35(31)39(5,6)36(32)23-29/h8-23,26H,7H2,1-6H3. The molecule has 0 aliphatic heterocycles. The van der Waals surface area contributed by atoms with Crippen LogP contribution in [0.2, 0.25) is 0 Å². The van der Waals surface area contributed by atoms with E-state index < -0.39 is 0 Å². The lowest BCUT2D eigenvalue weighted by Crippen LogP contribution is -2.15. The Morgan fingerprint density at radius 3 is 1.90 bits per heavy atom. The summed E-state index contributed by atoms with van der Waals surface area (Å²) in [6.07, 6.45) is 1.16. The van der Waals surface area contributed by atoms with E-state index in [-0.39, 0.29) is 5.41 Å². The molecule has 0 N–H and O–H groups in total. The van der Waals surface area contributed by atoms with Gasteiger partial charge in [-0.3, -0.25) is 0 Å². The van der Waals surface area contributed by atoms with Gasteiger partial charge in [-0.25, -0.2) is 0 Å². The summed E-state index contributed by atoms with van der Waals surface area (Å²) in [5, 5.41) is 2.62. The number of aromatic nitrogens is 1. The van der Waals surface area contributed by atoms with E-state index >= 15 is 0 Å². The maximum absolute atomic E-state index is 2.43.